The Bertz CT molecular complexity index is 720. The summed E-state index contributed by atoms with van der Waals surface area (Å²) >= 11 is 6.05. The summed E-state index contributed by atoms with van der Waals surface area (Å²) in [5, 5.41) is 9.96. The maximum atomic E-state index is 11.4. The first-order chi connectivity index (χ1) is 10.5. The molecule has 0 aromatic heterocycles. The van der Waals surface area contributed by atoms with Gasteiger partial charge >= 0.3 is 5.97 Å². The highest BCUT2D eigenvalue weighted by Gasteiger charge is 2.13. The molecule has 0 fully saturated rings. The number of phenols is 1. The van der Waals surface area contributed by atoms with Gasteiger partial charge in [0.15, 0.2) is 6.29 Å². The molecule has 0 aliphatic rings. The minimum atomic E-state index is -0.390. The van der Waals surface area contributed by atoms with Gasteiger partial charge in [-0.2, -0.15) is 0 Å². The van der Waals surface area contributed by atoms with E-state index >= 15 is 0 Å². The molecule has 0 aliphatic carbocycles. The van der Waals surface area contributed by atoms with Gasteiger partial charge in [0, 0.05) is 0 Å². The number of aldehydes is 1. The van der Waals surface area contributed by atoms with Crippen LogP contribution >= 0.6 is 11.6 Å². The summed E-state index contributed by atoms with van der Waals surface area (Å²) in [5.74, 6) is -0.586. The van der Waals surface area contributed by atoms with E-state index in [-0.39, 0.29) is 16.3 Å². The van der Waals surface area contributed by atoms with E-state index in [9.17, 15) is 14.7 Å². The average Bonchev–Trinajstić information content (AvgIpc) is 2.55. The lowest BCUT2D eigenvalue weighted by Crippen LogP contribution is -2.01. The summed E-state index contributed by atoms with van der Waals surface area (Å²) in [4.78, 5) is 22.4. The van der Waals surface area contributed by atoms with Crippen LogP contribution in [0.1, 0.15) is 37.4 Å². The Labute approximate surface area is 133 Å². The Kier molecular flexibility index (Phi) is 4.83. The van der Waals surface area contributed by atoms with Crippen molar-refractivity contribution in [3.05, 3.63) is 63.2 Å². The van der Waals surface area contributed by atoms with Gasteiger partial charge < -0.3 is 9.84 Å². The van der Waals surface area contributed by atoms with Crippen molar-refractivity contribution < 1.29 is 19.4 Å². The highest BCUT2D eigenvalue weighted by Crippen LogP contribution is 2.33. The number of benzene rings is 2. The molecule has 4 nitrogen and oxygen atoms in total. The summed E-state index contributed by atoms with van der Waals surface area (Å²) < 4.78 is 4.65. The lowest BCUT2D eigenvalue weighted by atomic mass is 9.97. The van der Waals surface area contributed by atoms with E-state index in [1.165, 1.54) is 7.11 Å². The predicted molar refractivity (Wildman–Crippen MR) is 83.8 cm³/mol. The third kappa shape index (κ3) is 3.12. The Morgan fingerprint density at radius 1 is 1.32 bits per heavy atom. The normalized spacial score (nSPS) is 10.3. The first kappa shape index (κ1) is 16.0. The van der Waals surface area contributed by atoms with E-state index in [1.807, 2.05) is 12.1 Å². The van der Waals surface area contributed by atoms with Crippen molar-refractivity contribution in [1.29, 1.82) is 0 Å². The fourth-order valence-corrected chi connectivity index (χ4v) is 2.41. The van der Waals surface area contributed by atoms with Crippen LogP contribution in [0.4, 0.5) is 0 Å². The molecular weight excluding hydrogens is 304 g/mol. The van der Waals surface area contributed by atoms with Gasteiger partial charge in [0.05, 0.1) is 23.3 Å². The molecule has 0 amide bonds. The van der Waals surface area contributed by atoms with Crippen LogP contribution in [-0.4, -0.2) is 24.5 Å². The van der Waals surface area contributed by atoms with Crippen molar-refractivity contribution in [2.45, 2.75) is 13.3 Å². The molecule has 0 unspecified atom stereocenters. The monoisotopic (exact) mass is 318 g/mol. The second-order valence-corrected chi connectivity index (χ2v) is 5.27. The number of carbonyl (C=O) groups is 2. The second kappa shape index (κ2) is 6.62. The first-order valence-electron chi connectivity index (χ1n) is 6.61. The summed E-state index contributed by atoms with van der Waals surface area (Å²) in [5.41, 5.74) is 3.16. The zero-order chi connectivity index (χ0) is 16.3. The van der Waals surface area contributed by atoms with E-state index in [0.717, 1.165) is 16.7 Å². The smallest absolute Gasteiger partial charge is 0.337 e. The van der Waals surface area contributed by atoms with E-state index in [0.29, 0.717) is 18.3 Å². The lowest BCUT2D eigenvalue weighted by Gasteiger charge is -2.11. The second-order valence-electron chi connectivity index (χ2n) is 4.90. The number of carbonyl (C=O) groups excluding carboxylic acids is 2. The zero-order valence-corrected chi connectivity index (χ0v) is 13.0. The molecule has 0 saturated carbocycles. The molecule has 0 saturated heterocycles. The van der Waals surface area contributed by atoms with Crippen LogP contribution in [0, 0.1) is 6.92 Å². The minimum absolute atomic E-state index is 0.164. The van der Waals surface area contributed by atoms with Crippen molar-refractivity contribution in [3.8, 4) is 5.75 Å². The molecule has 0 aliphatic heterocycles. The van der Waals surface area contributed by atoms with Crippen molar-refractivity contribution in [2.75, 3.05) is 7.11 Å². The molecule has 22 heavy (non-hydrogen) atoms. The molecule has 2 rings (SSSR count). The Balaban J connectivity index is 2.33. The summed E-state index contributed by atoms with van der Waals surface area (Å²) in [6, 6.07) is 8.61. The first-order valence-corrected chi connectivity index (χ1v) is 6.99. The third-order valence-corrected chi connectivity index (χ3v) is 3.98. The molecule has 2 aromatic rings. The topological polar surface area (TPSA) is 63.6 Å². The Morgan fingerprint density at radius 2 is 1.95 bits per heavy atom. The third-order valence-electron chi connectivity index (χ3n) is 3.52. The van der Waals surface area contributed by atoms with Crippen LogP contribution in [0.3, 0.4) is 0 Å². The van der Waals surface area contributed by atoms with Gasteiger partial charge in [-0.15, -0.1) is 0 Å². The average molecular weight is 319 g/mol. The lowest BCUT2D eigenvalue weighted by molar-refractivity contribution is 0.0600. The van der Waals surface area contributed by atoms with E-state index in [1.54, 1.807) is 25.1 Å². The van der Waals surface area contributed by atoms with Crippen LogP contribution in [0.25, 0.3) is 0 Å². The highest BCUT2D eigenvalue weighted by molar-refractivity contribution is 6.33. The van der Waals surface area contributed by atoms with Crippen LogP contribution in [0.5, 0.6) is 5.75 Å². The number of methoxy groups -OCH3 is 1. The van der Waals surface area contributed by atoms with Crippen LogP contribution in [0.15, 0.2) is 30.3 Å². The Hall–Kier alpha value is -2.33. The van der Waals surface area contributed by atoms with E-state index < -0.39 is 5.97 Å². The maximum absolute atomic E-state index is 11.4. The maximum Gasteiger partial charge on any atom is 0.337 e. The van der Waals surface area contributed by atoms with Crippen LogP contribution in [-0.2, 0) is 11.2 Å². The van der Waals surface area contributed by atoms with E-state index in [4.69, 9.17) is 11.6 Å². The number of halogens is 1. The molecular formula is C17H15ClO4. The van der Waals surface area contributed by atoms with Crippen molar-refractivity contribution in [2.24, 2.45) is 0 Å². The number of rotatable bonds is 4. The fraction of sp³-hybridized carbons (Fsp3) is 0.176. The summed E-state index contributed by atoms with van der Waals surface area (Å²) in [6.45, 7) is 1.79. The largest absolute Gasteiger partial charge is 0.506 e. The fourth-order valence-electron chi connectivity index (χ4n) is 2.18. The molecule has 1 N–H and O–H groups in total. The quantitative estimate of drug-likeness (QED) is 0.691. The molecule has 0 heterocycles. The van der Waals surface area contributed by atoms with Crippen molar-refractivity contribution in [3.63, 3.8) is 0 Å². The molecule has 0 bridgehead atoms. The van der Waals surface area contributed by atoms with Crippen LogP contribution in [0.2, 0.25) is 5.02 Å². The van der Waals surface area contributed by atoms with E-state index in [2.05, 4.69) is 4.74 Å². The van der Waals surface area contributed by atoms with Gasteiger partial charge in [-0.05, 0) is 48.2 Å². The number of ether oxygens (including phenoxy) is 1. The van der Waals surface area contributed by atoms with Gasteiger partial charge in [-0.3, -0.25) is 4.79 Å². The van der Waals surface area contributed by atoms with Gasteiger partial charge in [-0.25, -0.2) is 4.79 Å². The molecule has 2 aromatic carbocycles. The van der Waals surface area contributed by atoms with Gasteiger partial charge in [0.25, 0.3) is 0 Å². The number of aromatic hydroxyl groups is 1. The Morgan fingerprint density at radius 3 is 2.50 bits per heavy atom. The van der Waals surface area contributed by atoms with Gasteiger partial charge in [0.1, 0.15) is 5.75 Å². The SMILES string of the molecule is COC(=O)c1ccc(Cc2cc(C=O)c(O)c(Cl)c2C)cc1. The minimum Gasteiger partial charge on any atom is -0.506 e. The molecule has 0 spiro atoms. The molecule has 114 valence electrons. The standard InChI is InChI=1S/C17H15ClO4/c1-10-13(8-14(9-19)16(20)15(10)18)7-11-3-5-12(6-4-11)17(21)22-2/h3-6,8-9,20H,7H2,1-2H3. The van der Waals surface area contributed by atoms with Gasteiger partial charge in [-0.1, -0.05) is 23.7 Å². The van der Waals surface area contributed by atoms with Crippen LogP contribution < -0.4 is 0 Å². The summed E-state index contributed by atoms with van der Waals surface area (Å²) in [6.07, 6.45) is 1.11. The number of phenolic OH excluding ortho intramolecular Hbond substituents is 1. The van der Waals surface area contributed by atoms with Gasteiger partial charge in [0.2, 0.25) is 0 Å². The number of esters is 1. The number of hydrogen-bond acceptors (Lipinski definition) is 4. The summed E-state index contributed by atoms with van der Waals surface area (Å²) in [7, 11) is 1.33. The molecule has 0 radical (unpaired) electrons. The molecule has 0 atom stereocenters. The predicted octanol–water partition coefficient (Wildman–Crippen LogP) is 3.54. The zero-order valence-electron chi connectivity index (χ0n) is 12.2. The van der Waals surface area contributed by atoms with Crippen molar-refractivity contribution >= 4 is 23.9 Å². The molecule has 5 heteroatoms. The highest BCUT2D eigenvalue weighted by atomic mass is 35.5. The number of hydrogen-bond donors (Lipinski definition) is 1. The van der Waals surface area contributed by atoms with Crippen molar-refractivity contribution in [1.82, 2.24) is 0 Å².